The lowest BCUT2D eigenvalue weighted by Gasteiger charge is -2.23. The number of anilines is 1. The van der Waals surface area contributed by atoms with E-state index < -0.39 is 10.0 Å². The van der Waals surface area contributed by atoms with Crippen LogP contribution in [0.5, 0.6) is 0 Å². The molecule has 0 spiro atoms. The van der Waals surface area contributed by atoms with Crippen LogP contribution in [0.2, 0.25) is 0 Å². The predicted octanol–water partition coefficient (Wildman–Crippen LogP) is 3.05. The summed E-state index contributed by atoms with van der Waals surface area (Å²) in [4.78, 5) is 6.01. The number of nitrogens with two attached hydrogens (primary N) is 1. The molecule has 0 bridgehead atoms. The van der Waals surface area contributed by atoms with E-state index in [9.17, 15) is 8.42 Å². The minimum absolute atomic E-state index is 0.00921. The molecular formula is C21H26N6O2S. The third-order valence-electron chi connectivity index (χ3n) is 5.55. The van der Waals surface area contributed by atoms with Crippen LogP contribution in [0.3, 0.4) is 0 Å². The zero-order valence-corrected chi connectivity index (χ0v) is 18.0. The topological polar surface area (TPSA) is 116 Å². The summed E-state index contributed by atoms with van der Waals surface area (Å²) in [5.41, 5.74) is 9.85. The minimum Gasteiger partial charge on any atom is -0.383 e. The standard InChI is InChI=1S/C21H26N6O2S/c1-14-8-9-17(30(28,29)26-16-6-4-3-5-7-16)11-18(14)15-10-19(21(22)23-12-15)20-13-24-27(2)25-20/h8-13,16,26H,3-7H2,1-2H3,(H2,22,23). The number of aryl methyl sites for hydroxylation is 2. The first kappa shape index (κ1) is 20.5. The van der Waals surface area contributed by atoms with Gasteiger partial charge < -0.3 is 5.73 Å². The van der Waals surface area contributed by atoms with Crippen LogP contribution in [-0.2, 0) is 17.1 Å². The largest absolute Gasteiger partial charge is 0.383 e. The van der Waals surface area contributed by atoms with Crippen molar-refractivity contribution in [3.63, 3.8) is 0 Å². The summed E-state index contributed by atoms with van der Waals surface area (Å²) in [6, 6.07) is 7.06. The SMILES string of the molecule is Cc1ccc(S(=O)(=O)NC2CCCCC2)cc1-c1cnc(N)c(-c2cnn(C)n2)c1. The zero-order valence-electron chi connectivity index (χ0n) is 17.2. The van der Waals surface area contributed by atoms with Crippen LogP contribution in [0.15, 0.2) is 41.6 Å². The smallest absolute Gasteiger partial charge is 0.240 e. The quantitative estimate of drug-likeness (QED) is 0.648. The Bertz CT molecular complexity index is 1170. The molecule has 0 aliphatic heterocycles. The molecule has 158 valence electrons. The molecule has 3 aromatic rings. The molecule has 4 rings (SSSR count). The van der Waals surface area contributed by atoms with Crippen molar-refractivity contribution < 1.29 is 8.42 Å². The van der Waals surface area contributed by atoms with Crippen molar-refractivity contribution in [1.82, 2.24) is 24.7 Å². The number of nitrogens with zero attached hydrogens (tertiary/aromatic N) is 4. The minimum atomic E-state index is -3.60. The lowest BCUT2D eigenvalue weighted by Crippen LogP contribution is -2.36. The Labute approximate surface area is 176 Å². The summed E-state index contributed by atoms with van der Waals surface area (Å²) < 4.78 is 28.8. The maximum absolute atomic E-state index is 13.0. The van der Waals surface area contributed by atoms with Gasteiger partial charge in [0.15, 0.2) is 0 Å². The van der Waals surface area contributed by atoms with Gasteiger partial charge in [0.2, 0.25) is 10.0 Å². The van der Waals surface area contributed by atoms with Crippen LogP contribution in [0.1, 0.15) is 37.7 Å². The van der Waals surface area contributed by atoms with Crippen LogP contribution in [0.25, 0.3) is 22.4 Å². The molecule has 1 aliphatic carbocycles. The van der Waals surface area contributed by atoms with Gasteiger partial charge in [0.25, 0.3) is 0 Å². The molecule has 8 nitrogen and oxygen atoms in total. The summed E-state index contributed by atoms with van der Waals surface area (Å²) in [5.74, 6) is 0.347. The van der Waals surface area contributed by atoms with Gasteiger partial charge in [-0.2, -0.15) is 15.0 Å². The van der Waals surface area contributed by atoms with Crippen LogP contribution >= 0.6 is 0 Å². The van der Waals surface area contributed by atoms with E-state index in [1.165, 1.54) is 11.2 Å². The number of aromatic nitrogens is 4. The van der Waals surface area contributed by atoms with Gasteiger partial charge in [-0.15, -0.1) is 0 Å². The van der Waals surface area contributed by atoms with Gasteiger partial charge in [0.1, 0.15) is 11.5 Å². The first-order chi connectivity index (χ1) is 14.3. The van der Waals surface area contributed by atoms with Gasteiger partial charge in [-0.05, 0) is 49.1 Å². The molecule has 0 unspecified atom stereocenters. The molecule has 30 heavy (non-hydrogen) atoms. The van der Waals surface area contributed by atoms with E-state index in [-0.39, 0.29) is 10.9 Å². The van der Waals surface area contributed by atoms with E-state index in [1.807, 2.05) is 19.1 Å². The molecule has 1 aliphatic rings. The fourth-order valence-corrected chi connectivity index (χ4v) is 5.21. The lowest BCUT2D eigenvalue weighted by atomic mass is 9.96. The molecule has 3 N–H and O–H groups in total. The number of hydrogen-bond acceptors (Lipinski definition) is 6. The number of hydrogen-bond donors (Lipinski definition) is 2. The lowest BCUT2D eigenvalue weighted by molar-refractivity contribution is 0.412. The maximum atomic E-state index is 13.0. The highest BCUT2D eigenvalue weighted by molar-refractivity contribution is 7.89. The zero-order chi connectivity index (χ0) is 21.3. The molecule has 1 aromatic carbocycles. The number of rotatable bonds is 5. The third-order valence-corrected chi connectivity index (χ3v) is 7.07. The summed E-state index contributed by atoms with van der Waals surface area (Å²) >= 11 is 0. The van der Waals surface area contributed by atoms with E-state index in [4.69, 9.17) is 5.73 Å². The van der Waals surface area contributed by atoms with Crippen molar-refractivity contribution >= 4 is 15.8 Å². The second-order valence-corrected chi connectivity index (χ2v) is 9.52. The van der Waals surface area contributed by atoms with E-state index >= 15 is 0 Å². The van der Waals surface area contributed by atoms with Crippen LogP contribution in [0, 0.1) is 6.92 Å². The van der Waals surface area contributed by atoms with Gasteiger partial charge in [0.05, 0.1) is 11.1 Å². The van der Waals surface area contributed by atoms with Gasteiger partial charge in [-0.1, -0.05) is 25.3 Å². The van der Waals surface area contributed by atoms with Crippen molar-refractivity contribution in [3.05, 3.63) is 42.2 Å². The molecule has 0 radical (unpaired) electrons. The summed E-state index contributed by atoms with van der Waals surface area (Å²) in [7, 11) is -1.86. The Morgan fingerprint density at radius 3 is 2.57 bits per heavy atom. The first-order valence-electron chi connectivity index (χ1n) is 10.1. The third kappa shape index (κ3) is 4.22. The number of pyridine rings is 1. The highest BCUT2D eigenvalue weighted by atomic mass is 32.2. The molecule has 1 fully saturated rings. The Kier molecular flexibility index (Phi) is 5.57. The number of nitrogen functional groups attached to an aromatic ring is 1. The molecule has 2 aromatic heterocycles. The molecule has 0 amide bonds. The normalized spacial score (nSPS) is 15.4. The Hall–Kier alpha value is -2.78. The monoisotopic (exact) mass is 426 g/mol. The van der Waals surface area contributed by atoms with Crippen LogP contribution < -0.4 is 10.5 Å². The van der Waals surface area contributed by atoms with E-state index in [0.29, 0.717) is 17.1 Å². The van der Waals surface area contributed by atoms with E-state index in [2.05, 4.69) is 19.9 Å². The summed E-state index contributed by atoms with van der Waals surface area (Å²) in [5, 5.41) is 8.39. The average Bonchev–Trinajstić information content (AvgIpc) is 3.15. The molecule has 0 atom stereocenters. The fourth-order valence-electron chi connectivity index (χ4n) is 3.88. The predicted molar refractivity (Wildman–Crippen MR) is 116 cm³/mol. The molecule has 2 heterocycles. The summed E-state index contributed by atoms with van der Waals surface area (Å²) in [6.07, 6.45) is 8.36. The number of sulfonamides is 1. The van der Waals surface area contributed by atoms with Crippen LogP contribution in [0.4, 0.5) is 5.82 Å². The van der Waals surface area contributed by atoms with Crippen LogP contribution in [-0.4, -0.2) is 34.4 Å². The number of nitrogens with one attached hydrogen (secondary N) is 1. The second kappa shape index (κ2) is 8.16. The van der Waals surface area contributed by atoms with E-state index in [0.717, 1.165) is 42.4 Å². The fraction of sp³-hybridized carbons (Fsp3) is 0.381. The van der Waals surface area contributed by atoms with E-state index in [1.54, 1.807) is 31.6 Å². The molecule has 1 saturated carbocycles. The number of benzene rings is 1. The van der Waals surface area contributed by atoms with Gasteiger partial charge >= 0.3 is 0 Å². The van der Waals surface area contributed by atoms with Gasteiger partial charge in [-0.25, -0.2) is 18.1 Å². The Morgan fingerprint density at radius 2 is 1.87 bits per heavy atom. The Balaban J connectivity index is 1.70. The maximum Gasteiger partial charge on any atom is 0.240 e. The Morgan fingerprint density at radius 1 is 1.10 bits per heavy atom. The molecular weight excluding hydrogens is 400 g/mol. The summed E-state index contributed by atoms with van der Waals surface area (Å²) in [6.45, 7) is 1.94. The van der Waals surface area contributed by atoms with Gasteiger partial charge in [-0.3, -0.25) is 0 Å². The highest BCUT2D eigenvalue weighted by Crippen LogP contribution is 2.31. The average molecular weight is 427 g/mol. The molecule has 0 saturated heterocycles. The second-order valence-electron chi connectivity index (χ2n) is 7.81. The van der Waals surface area contributed by atoms with Gasteiger partial charge in [0, 0.05) is 30.4 Å². The van der Waals surface area contributed by atoms with Crippen molar-refractivity contribution in [3.8, 4) is 22.4 Å². The van der Waals surface area contributed by atoms with Crippen molar-refractivity contribution in [2.75, 3.05) is 5.73 Å². The molecule has 9 heteroatoms. The van der Waals surface area contributed by atoms with Crippen molar-refractivity contribution in [2.45, 2.75) is 50.0 Å². The van der Waals surface area contributed by atoms with Crippen molar-refractivity contribution in [2.24, 2.45) is 7.05 Å². The van der Waals surface area contributed by atoms with Crippen molar-refractivity contribution in [1.29, 1.82) is 0 Å². The highest BCUT2D eigenvalue weighted by Gasteiger charge is 2.23. The first-order valence-corrected chi connectivity index (χ1v) is 11.6.